The van der Waals surface area contributed by atoms with Crippen LogP contribution in [0.25, 0.3) is 6.08 Å². The molecular weight excluding hydrogens is 392 g/mol. The van der Waals surface area contributed by atoms with E-state index in [1.807, 2.05) is 24.5 Å². The molecule has 0 radical (unpaired) electrons. The maximum Gasteiger partial charge on any atom is 0.268 e. The summed E-state index contributed by atoms with van der Waals surface area (Å²) in [6.45, 7) is 0. The molecule has 0 fully saturated rings. The average molecular weight is 404 g/mol. The van der Waals surface area contributed by atoms with Gasteiger partial charge in [-0.1, -0.05) is 23.5 Å². The summed E-state index contributed by atoms with van der Waals surface area (Å²) in [4.78, 5) is 16.3. The minimum Gasteiger partial charge on any atom is -0.468 e. The van der Waals surface area contributed by atoms with Crippen molar-refractivity contribution in [2.75, 3.05) is 11.6 Å². The van der Waals surface area contributed by atoms with E-state index in [2.05, 4.69) is 14.7 Å². The maximum atomic E-state index is 12.2. The molecule has 0 saturated carbocycles. The third kappa shape index (κ3) is 4.78. The van der Waals surface area contributed by atoms with Gasteiger partial charge in [0.25, 0.3) is 5.91 Å². The van der Waals surface area contributed by atoms with Gasteiger partial charge in [0.2, 0.25) is 10.3 Å². The highest BCUT2D eigenvalue weighted by Crippen LogP contribution is 2.26. The fourth-order valence-electron chi connectivity index (χ4n) is 1.83. The third-order valence-corrected chi connectivity index (χ3v) is 5.23. The van der Waals surface area contributed by atoms with Crippen molar-refractivity contribution in [3.63, 3.8) is 0 Å². The molecule has 3 rings (SSSR count). The summed E-state index contributed by atoms with van der Waals surface area (Å²) in [6, 6.07) is 9.06. The van der Waals surface area contributed by atoms with E-state index in [1.54, 1.807) is 18.4 Å². The molecular formula is C16H12N4O3S3. The lowest BCUT2D eigenvalue weighted by atomic mass is 10.2. The Kier molecular flexibility index (Phi) is 6.17. The molecule has 3 aromatic heterocycles. The van der Waals surface area contributed by atoms with Crippen molar-refractivity contribution in [3.05, 3.63) is 47.6 Å². The number of carbonyl (C=O) groups excluding carboxylic acids is 1. The number of hydrogen-bond acceptors (Lipinski definition) is 9. The van der Waals surface area contributed by atoms with Gasteiger partial charge in [-0.25, -0.2) is 0 Å². The van der Waals surface area contributed by atoms with Crippen molar-refractivity contribution in [2.24, 2.45) is 0 Å². The first-order chi connectivity index (χ1) is 12.7. The van der Waals surface area contributed by atoms with E-state index < -0.39 is 5.91 Å². The Labute approximate surface area is 161 Å². The molecule has 0 aromatic carbocycles. The zero-order valence-electron chi connectivity index (χ0n) is 13.5. The summed E-state index contributed by atoms with van der Waals surface area (Å²) < 4.78 is 14.9. The topological polar surface area (TPSA) is 105 Å². The number of furan rings is 2. The monoisotopic (exact) mass is 404 g/mol. The Hall–Kier alpha value is -2.48. The second-order valence-corrected chi connectivity index (χ2v) is 7.24. The number of nitriles is 1. The zero-order chi connectivity index (χ0) is 18.4. The molecule has 26 heavy (non-hydrogen) atoms. The zero-order valence-corrected chi connectivity index (χ0v) is 15.9. The number of nitrogens with one attached hydrogen (secondary N) is 1. The number of carbonyl (C=O) groups is 1. The van der Waals surface area contributed by atoms with Gasteiger partial charge in [0, 0.05) is 17.6 Å². The summed E-state index contributed by atoms with van der Waals surface area (Å²) >= 11 is 3.89. The first kappa shape index (κ1) is 18.3. The minimum absolute atomic E-state index is 0.0807. The Balaban J connectivity index is 1.64. The van der Waals surface area contributed by atoms with E-state index in [-0.39, 0.29) is 5.57 Å². The van der Waals surface area contributed by atoms with Crippen molar-refractivity contribution >= 4 is 52.2 Å². The predicted molar refractivity (Wildman–Crippen MR) is 101 cm³/mol. The van der Waals surface area contributed by atoms with Gasteiger partial charge in [-0.3, -0.25) is 10.1 Å². The molecule has 3 heterocycles. The summed E-state index contributed by atoms with van der Waals surface area (Å²) in [7, 11) is 0. The summed E-state index contributed by atoms with van der Waals surface area (Å²) in [5.74, 6) is 1.32. The van der Waals surface area contributed by atoms with Crippen LogP contribution in [0.3, 0.4) is 0 Å². The molecule has 0 bridgehead atoms. The number of rotatable bonds is 7. The lowest BCUT2D eigenvalue weighted by molar-refractivity contribution is -0.112. The predicted octanol–water partition coefficient (Wildman–Crippen LogP) is 4.28. The van der Waals surface area contributed by atoms with Gasteiger partial charge < -0.3 is 8.83 Å². The van der Waals surface area contributed by atoms with Crippen LogP contribution < -0.4 is 5.32 Å². The van der Waals surface area contributed by atoms with E-state index in [0.717, 1.165) is 17.3 Å². The number of thioether (sulfide) groups is 2. The lowest BCUT2D eigenvalue weighted by Crippen LogP contribution is -2.13. The van der Waals surface area contributed by atoms with Crippen LogP contribution in [0.4, 0.5) is 5.13 Å². The second-order valence-electron chi connectivity index (χ2n) is 4.74. The number of aromatic nitrogens is 2. The lowest BCUT2D eigenvalue weighted by Gasteiger charge is -1.98. The van der Waals surface area contributed by atoms with Crippen LogP contribution in [-0.2, 0) is 10.5 Å². The van der Waals surface area contributed by atoms with Crippen LogP contribution in [0.15, 0.2) is 55.2 Å². The number of amides is 1. The molecule has 3 aromatic rings. The third-order valence-electron chi connectivity index (χ3n) is 3.00. The van der Waals surface area contributed by atoms with Gasteiger partial charge in [-0.2, -0.15) is 14.6 Å². The highest BCUT2D eigenvalue weighted by molar-refractivity contribution is 7.98. The maximum absolute atomic E-state index is 12.2. The molecule has 0 aliphatic carbocycles. The standard InChI is InChI=1S/C16H12N4O3S3/c1-24-16-19-15(26-20-16)18-14(21)10(8-17)7-11-4-5-13(23-11)25-9-12-3-2-6-22-12/h2-7H,9H2,1H3,(H,18,19,20,21)/b10-7-. The molecule has 132 valence electrons. The average Bonchev–Trinajstić information content (AvgIpc) is 3.39. The fraction of sp³-hybridized carbons (Fsp3) is 0.125. The summed E-state index contributed by atoms with van der Waals surface area (Å²) in [5.41, 5.74) is -0.0807. The van der Waals surface area contributed by atoms with Crippen molar-refractivity contribution in [2.45, 2.75) is 16.0 Å². The first-order valence-electron chi connectivity index (χ1n) is 7.24. The summed E-state index contributed by atoms with van der Waals surface area (Å²) in [5, 5.41) is 13.4. The van der Waals surface area contributed by atoms with Crippen LogP contribution in [0.5, 0.6) is 0 Å². The van der Waals surface area contributed by atoms with Crippen LogP contribution >= 0.6 is 35.1 Å². The van der Waals surface area contributed by atoms with Crippen LogP contribution in [0.1, 0.15) is 11.5 Å². The fourth-order valence-corrected chi connectivity index (χ4v) is 3.71. The Morgan fingerprint density at radius 3 is 3.04 bits per heavy atom. The minimum atomic E-state index is -0.558. The van der Waals surface area contributed by atoms with E-state index in [9.17, 15) is 10.1 Å². The molecule has 0 aliphatic heterocycles. The normalized spacial score (nSPS) is 11.3. The number of anilines is 1. The van der Waals surface area contributed by atoms with Crippen molar-refractivity contribution in [3.8, 4) is 6.07 Å². The molecule has 7 nitrogen and oxygen atoms in total. The van der Waals surface area contributed by atoms with Gasteiger partial charge in [-0.05, 0) is 30.5 Å². The molecule has 1 N–H and O–H groups in total. The molecule has 0 atom stereocenters. The Bertz CT molecular complexity index is 954. The van der Waals surface area contributed by atoms with Crippen molar-refractivity contribution in [1.29, 1.82) is 5.26 Å². The summed E-state index contributed by atoms with van der Waals surface area (Å²) in [6.07, 6.45) is 4.85. The van der Waals surface area contributed by atoms with Gasteiger partial charge >= 0.3 is 0 Å². The van der Waals surface area contributed by atoms with Crippen molar-refractivity contribution < 1.29 is 13.6 Å². The molecule has 0 unspecified atom stereocenters. The van der Waals surface area contributed by atoms with E-state index in [0.29, 0.717) is 26.9 Å². The Morgan fingerprint density at radius 1 is 1.46 bits per heavy atom. The van der Waals surface area contributed by atoms with Crippen LogP contribution in [0.2, 0.25) is 0 Å². The highest BCUT2D eigenvalue weighted by Gasteiger charge is 2.14. The quantitative estimate of drug-likeness (QED) is 0.353. The Morgan fingerprint density at radius 2 is 2.35 bits per heavy atom. The first-order valence-corrected chi connectivity index (χ1v) is 10.2. The molecule has 0 spiro atoms. The second kappa shape index (κ2) is 8.75. The van der Waals surface area contributed by atoms with Crippen molar-refractivity contribution in [1.82, 2.24) is 9.36 Å². The molecule has 1 amide bonds. The van der Waals surface area contributed by atoms with Gasteiger partial charge in [0.1, 0.15) is 23.2 Å². The number of nitrogens with zero attached hydrogens (tertiary/aromatic N) is 3. The highest BCUT2D eigenvalue weighted by atomic mass is 32.2. The molecule has 10 heteroatoms. The SMILES string of the molecule is CSc1nsc(NC(=O)/C(C#N)=C\c2ccc(SCc3ccco3)o2)n1. The number of hydrogen-bond donors (Lipinski definition) is 1. The van der Waals surface area contributed by atoms with E-state index in [4.69, 9.17) is 8.83 Å². The van der Waals surface area contributed by atoms with E-state index in [1.165, 1.54) is 29.6 Å². The van der Waals surface area contributed by atoms with Crippen LogP contribution in [-0.4, -0.2) is 21.5 Å². The molecule has 0 saturated heterocycles. The van der Waals surface area contributed by atoms with Gasteiger partial charge in [-0.15, -0.1) is 0 Å². The largest absolute Gasteiger partial charge is 0.468 e. The van der Waals surface area contributed by atoms with Gasteiger partial charge in [0.05, 0.1) is 12.0 Å². The smallest absolute Gasteiger partial charge is 0.268 e. The van der Waals surface area contributed by atoms with Gasteiger partial charge in [0.15, 0.2) is 5.09 Å². The van der Waals surface area contributed by atoms with E-state index >= 15 is 0 Å². The molecule has 0 aliphatic rings. The van der Waals surface area contributed by atoms with Crippen LogP contribution in [0, 0.1) is 11.3 Å².